The van der Waals surface area contributed by atoms with Gasteiger partial charge in [-0.1, -0.05) is 42.5 Å². The Kier molecular flexibility index (Phi) is 3.90. The van der Waals surface area contributed by atoms with E-state index in [9.17, 15) is 0 Å². The molecule has 92 valence electrons. The second-order valence-electron chi connectivity index (χ2n) is 4.34. The highest BCUT2D eigenvalue weighted by Gasteiger charge is 2.04. The molecular weight excluding hydrogens is 220 g/mol. The van der Waals surface area contributed by atoms with E-state index in [-0.39, 0.29) is 0 Å². The van der Waals surface area contributed by atoms with Gasteiger partial charge in [-0.15, -0.1) is 0 Å². The molecule has 0 bridgehead atoms. The van der Waals surface area contributed by atoms with Crippen molar-refractivity contribution >= 4 is 11.4 Å². The van der Waals surface area contributed by atoms with E-state index in [0.29, 0.717) is 6.54 Å². The Balaban J connectivity index is 2.42. The monoisotopic (exact) mass is 238 g/mol. The lowest BCUT2D eigenvalue weighted by molar-refractivity contribution is 1.06. The van der Waals surface area contributed by atoms with Gasteiger partial charge in [0.25, 0.3) is 0 Å². The van der Waals surface area contributed by atoms with Gasteiger partial charge >= 0.3 is 0 Å². The average Bonchev–Trinajstić information content (AvgIpc) is 2.41. The number of rotatable bonds is 3. The van der Waals surface area contributed by atoms with Gasteiger partial charge in [0.05, 0.1) is 5.69 Å². The van der Waals surface area contributed by atoms with E-state index in [1.165, 1.54) is 5.56 Å². The van der Waals surface area contributed by atoms with Crippen molar-refractivity contribution in [1.29, 1.82) is 0 Å². The minimum Gasteiger partial charge on any atom is -0.326 e. The van der Waals surface area contributed by atoms with E-state index in [0.717, 1.165) is 22.5 Å². The van der Waals surface area contributed by atoms with E-state index in [2.05, 4.69) is 19.1 Å². The SMILES string of the molecule is CC(=Nc1ccccc1C)c1ccccc1CN. The molecule has 0 radical (unpaired) electrons. The van der Waals surface area contributed by atoms with Crippen molar-refractivity contribution in [3.63, 3.8) is 0 Å². The number of aliphatic imine (C=N–C) groups is 1. The maximum atomic E-state index is 5.76. The maximum Gasteiger partial charge on any atom is 0.0662 e. The molecule has 0 atom stereocenters. The molecule has 0 heterocycles. The van der Waals surface area contributed by atoms with Crippen LogP contribution in [0.15, 0.2) is 53.5 Å². The Morgan fingerprint density at radius 2 is 1.72 bits per heavy atom. The van der Waals surface area contributed by atoms with Gasteiger partial charge < -0.3 is 5.73 Å². The van der Waals surface area contributed by atoms with E-state index in [4.69, 9.17) is 10.7 Å². The van der Waals surface area contributed by atoms with Gasteiger partial charge in [-0.05, 0) is 31.0 Å². The molecule has 0 aliphatic rings. The Bertz CT molecular complexity index is 571. The van der Waals surface area contributed by atoms with Crippen molar-refractivity contribution in [1.82, 2.24) is 0 Å². The molecule has 2 rings (SSSR count). The van der Waals surface area contributed by atoms with Crippen LogP contribution in [0.1, 0.15) is 23.6 Å². The fourth-order valence-electron chi connectivity index (χ4n) is 1.98. The summed E-state index contributed by atoms with van der Waals surface area (Å²) < 4.78 is 0. The van der Waals surface area contributed by atoms with Gasteiger partial charge in [-0.25, -0.2) is 0 Å². The molecule has 18 heavy (non-hydrogen) atoms. The number of aryl methyl sites for hydroxylation is 1. The first-order chi connectivity index (χ1) is 8.72. The van der Waals surface area contributed by atoms with Crippen molar-refractivity contribution in [3.8, 4) is 0 Å². The number of hydrogen-bond donors (Lipinski definition) is 1. The molecule has 0 fully saturated rings. The molecule has 2 heteroatoms. The lowest BCUT2D eigenvalue weighted by Gasteiger charge is -2.08. The number of benzene rings is 2. The highest BCUT2D eigenvalue weighted by atomic mass is 14.7. The number of hydrogen-bond acceptors (Lipinski definition) is 2. The fourth-order valence-corrected chi connectivity index (χ4v) is 1.98. The van der Waals surface area contributed by atoms with Crippen LogP contribution in [0, 0.1) is 6.92 Å². The fraction of sp³-hybridized carbons (Fsp3) is 0.188. The summed E-state index contributed by atoms with van der Waals surface area (Å²) in [6.07, 6.45) is 0. The normalized spacial score (nSPS) is 11.6. The molecular formula is C16H18N2. The Morgan fingerprint density at radius 1 is 1.06 bits per heavy atom. The molecule has 2 aromatic carbocycles. The summed E-state index contributed by atoms with van der Waals surface area (Å²) in [7, 11) is 0. The zero-order valence-electron chi connectivity index (χ0n) is 10.9. The first kappa shape index (κ1) is 12.5. The van der Waals surface area contributed by atoms with Crippen molar-refractivity contribution in [2.24, 2.45) is 10.7 Å². The third-order valence-electron chi connectivity index (χ3n) is 3.03. The van der Waals surface area contributed by atoms with Crippen molar-refractivity contribution in [2.45, 2.75) is 20.4 Å². The predicted molar refractivity (Wildman–Crippen MR) is 77.4 cm³/mol. The van der Waals surface area contributed by atoms with E-state index >= 15 is 0 Å². The van der Waals surface area contributed by atoms with Crippen LogP contribution < -0.4 is 5.73 Å². The zero-order chi connectivity index (χ0) is 13.0. The maximum absolute atomic E-state index is 5.76. The van der Waals surface area contributed by atoms with Crippen LogP contribution in [-0.4, -0.2) is 5.71 Å². The highest BCUT2D eigenvalue weighted by Crippen LogP contribution is 2.19. The number of para-hydroxylation sites is 1. The molecule has 2 nitrogen and oxygen atoms in total. The van der Waals surface area contributed by atoms with Crippen LogP contribution in [0.25, 0.3) is 0 Å². The third kappa shape index (κ3) is 2.66. The van der Waals surface area contributed by atoms with Gasteiger partial charge in [-0.2, -0.15) is 0 Å². The van der Waals surface area contributed by atoms with Crippen LogP contribution >= 0.6 is 0 Å². The summed E-state index contributed by atoms with van der Waals surface area (Å²) in [5, 5.41) is 0. The van der Waals surface area contributed by atoms with Gasteiger partial charge in [-0.3, -0.25) is 4.99 Å². The number of nitrogens with zero attached hydrogens (tertiary/aromatic N) is 1. The number of nitrogens with two attached hydrogens (primary N) is 1. The Hall–Kier alpha value is -1.93. The molecule has 0 aliphatic heterocycles. The van der Waals surface area contributed by atoms with Crippen molar-refractivity contribution < 1.29 is 0 Å². The summed E-state index contributed by atoms with van der Waals surface area (Å²) >= 11 is 0. The van der Waals surface area contributed by atoms with Crippen LogP contribution in [-0.2, 0) is 6.54 Å². The standard InChI is InChI=1S/C16H18N2/c1-12-7-3-6-10-16(12)18-13(2)15-9-5-4-8-14(15)11-17/h3-10H,11,17H2,1-2H3. The quantitative estimate of drug-likeness (QED) is 0.815. The second kappa shape index (κ2) is 5.61. The first-order valence-electron chi connectivity index (χ1n) is 6.11. The van der Waals surface area contributed by atoms with Crippen LogP contribution in [0.5, 0.6) is 0 Å². The minimum absolute atomic E-state index is 0.538. The summed E-state index contributed by atoms with van der Waals surface area (Å²) in [6.45, 7) is 4.64. The Morgan fingerprint density at radius 3 is 2.44 bits per heavy atom. The minimum atomic E-state index is 0.538. The molecule has 0 spiro atoms. The largest absolute Gasteiger partial charge is 0.326 e. The smallest absolute Gasteiger partial charge is 0.0662 e. The predicted octanol–water partition coefficient (Wildman–Crippen LogP) is 3.59. The highest BCUT2D eigenvalue weighted by molar-refractivity contribution is 6.01. The van der Waals surface area contributed by atoms with E-state index in [1.54, 1.807) is 0 Å². The lowest BCUT2D eigenvalue weighted by Crippen LogP contribution is -2.05. The molecule has 0 aromatic heterocycles. The van der Waals surface area contributed by atoms with Crippen LogP contribution in [0.2, 0.25) is 0 Å². The molecule has 2 N–H and O–H groups in total. The molecule has 0 saturated heterocycles. The average molecular weight is 238 g/mol. The summed E-state index contributed by atoms with van der Waals surface area (Å²) in [4.78, 5) is 4.70. The van der Waals surface area contributed by atoms with Gasteiger partial charge in [0, 0.05) is 17.8 Å². The topological polar surface area (TPSA) is 38.4 Å². The van der Waals surface area contributed by atoms with Crippen molar-refractivity contribution in [3.05, 3.63) is 65.2 Å². The van der Waals surface area contributed by atoms with Gasteiger partial charge in [0.15, 0.2) is 0 Å². The molecule has 2 aromatic rings. The molecule has 0 unspecified atom stereocenters. The van der Waals surface area contributed by atoms with Crippen molar-refractivity contribution in [2.75, 3.05) is 0 Å². The van der Waals surface area contributed by atoms with Crippen LogP contribution in [0.4, 0.5) is 5.69 Å². The molecule has 0 amide bonds. The molecule has 0 saturated carbocycles. The first-order valence-corrected chi connectivity index (χ1v) is 6.11. The van der Waals surface area contributed by atoms with E-state index in [1.807, 2.05) is 43.3 Å². The van der Waals surface area contributed by atoms with Gasteiger partial charge in [0.1, 0.15) is 0 Å². The van der Waals surface area contributed by atoms with Crippen LogP contribution in [0.3, 0.4) is 0 Å². The van der Waals surface area contributed by atoms with Gasteiger partial charge in [0.2, 0.25) is 0 Å². The van der Waals surface area contributed by atoms with E-state index < -0.39 is 0 Å². The third-order valence-corrected chi connectivity index (χ3v) is 3.03. The lowest BCUT2D eigenvalue weighted by atomic mass is 10.0. The summed E-state index contributed by atoms with van der Waals surface area (Å²) in [6, 6.07) is 16.3. The summed E-state index contributed by atoms with van der Waals surface area (Å²) in [5.41, 5.74) is 11.2. The Labute approximate surface area is 108 Å². The second-order valence-corrected chi connectivity index (χ2v) is 4.34. The summed E-state index contributed by atoms with van der Waals surface area (Å²) in [5.74, 6) is 0. The zero-order valence-corrected chi connectivity index (χ0v) is 10.9. The molecule has 0 aliphatic carbocycles.